The van der Waals surface area contributed by atoms with Crippen molar-refractivity contribution >= 4 is 5.78 Å². The van der Waals surface area contributed by atoms with Gasteiger partial charge in [0, 0.05) is 30.8 Å². The van der Waals surface area contributed by atoms with Crippen LogP contribution in [0.3, 0.4) is 0 Å². The molecule has 0 N–H and O–H groups in total. The molecular weight excluding hydrogens is 262 g/mol. The number of benzene rings is 1. The predicted molar refractivity (Wildman–Crippen MR) is 88.0 cm³/mol. The molecule has 3 heteroatoms. The number of carbonyl (C=O) groups excluding carboxylic acids is 1. The molecule has 0 spiro atoms. The third-order valence-corrected chi connectivity index (χ3v) is 3.33. The predicted octanol–water partition coefficient (Wildman–Crippen LogP) is 4.01. The van der Waals surface area contributed by atoms with E-state index in [4.69, 9.17) is 4.74 Å². The van der Waals surface area contributed by atoms with Crippen LogP contribution in [0.1, 0.15) is 50.5 Å². The van der Waals surface area contributed by atoms with Crippen LogP contribution in [-0.4, -0.2) is 30.9 Å². The number of nitrogens with zero attached hydrogens (tertiary/aromatic N) is 1. The van der Waals surface area contributed by atoms with Gasteiger partial charge >= 0.3 is 0 Å². The number of hydrogen-bond donors (Lipinski definition) is 0. The van der Waals surface area contributed by atoms with E-state index in [1.54, 1.807) is 14.0 Å². The molecule has 0 aliphatic carbocycles. The molecule has 1 aromatic rings. The highest BCUT2D eigenvalue weighted by Crippen LogP contribution is 2.23. The van der Waals surface area contributed by atoms with Gasteiger partial charge in [-0.2, -0.15) is 0 Å². The van der Waals surface area contributed by atoms with Gasteiger partial charge in [-0.15, -0.1) is 0 Å². The van der Waals surface area contributed by atoms with Crippen molar-refractivity contribution in [2.24, 2.45) is 11.8 Å². The minimum absolute atomic E-state index is 0.0955. The van der Waals surface area contributed by atoms with Gasteiger partial charge in [-0.3, -0.25) is 9.69 Å². The standard InChI is InChI=1S/C18H29NO2/c1-13(2)10-19(11-14(3)4)12-17-9-16(15(5)20)7-8-18(17)21-6/h7-9,13-14H,10-12H2,1-6H3. The lowest BCUT2D eigenvalue weighted by Crippen LogP contribution is -2.31. The van der Waals surface area contributed by atoms with Gasteiger partial charge in [-0.05, 0) is 37.0 Å². The van der Waals surface area contributed by atoms with E-state index in [-0.39, 0.29) is 5.78 Å². The monoisotopic (exact) mass is 291 g/mol. The molecule has 0 bridgehead atoms. The summed E-state index contributed by atoms with van der Waals surface area (Å²) in [5.74, 6) is 2.19. The van der Waals surface area contributed by atoms with Gasteiger partial charge in [0.15, 0.2) is 5.78 Å². The summed E-state index contributed by atoms with van der Waals surface area (Å²) in [7, 11) is 1.68. The molecular formula is C18H29NO2. The Hall–Kier alpha value is -1.35. The van der Waals surface area contributed by atoms with E-state index >= 15 is 0 Å². The average Bonchev–Trinajstić information content (AvgIpc) is 2.36. The minimum Gasteiger partial charge on any atom is -0.496 e. The second-order valence-electron chi connectivity index (χ2n) is 6.56. The lowest BCUT2D eigenvalue weighted by atomic mass is 10.0. The number of rotatable bonds is 8. The average molecular weight is 291 g/mol. The van der Waals surface area contributed by atoms with Crippen molar-refractivity contribution in [2.45, 2.75) is 41.2 Å². The maximum atomic E-state index is 11.6. The number of ketones is 1. The van der Waals surface area contributed by atoms with Crippen LogP contribution in [0.5, 0.6) is 5.75 Å². The second-order valence-corrected chi connectivity index (χ2v) is 6.56. The smallest absolute Gasteiger partial charge is 0.159 e. The van der Waals surface area contributed by atoms with E-state index in [0.717, 1.165) is 36.5 Å². The van der Waals surface area contributed by atoms with Crippen LogP contribution in [-0.2, 0) is 6.54 Å². The van der Waals surface area contributed by atoms with Crippen LogP contribution < -0.4 is 4.74 Å². The van der Waals surface area contributed by atoms with Gasteiger partial charge in [-0.25, -0.2) is 0 Å². The fraction of sp³-hybridized carbons (Fsp3) is 0.611. The van der Waals surface area contributed by atoms with Crippen LogP contribution in [0.15, 0.2) is 18.2 Å². The number of methoxy groups -OCH3 is 1. The van der Waals surface area contributed by atoms with Crippen LogP contribution in [0, 0.1) is 11.8 Å². The van der Waals surface area contributed by atoms with Crippen molar-refractivity contribution in [3.63, 3.8) is 0 Å². The van der Waals surface area contributed by atoms with Crippen molar-refractivity contribution < 1.29 is 9.53 Å². The first-order chi connectivity index (χ1) is 9.83. The summed E-state index contributed by atoms with van der Waals surface area (Å²) in [5.41, 5.74) is 1.84. The topological polar surface area (TPSA) is 29.5 Å². The first kappa shape index (κ1) is 17.7. The maximum absolute atomic E-state index is 11.6. The van der Waals surface area contributed by atoms with Gasteiger partial charge in [0.25, 0.3) is 0 Å². The molecule has 1 rings (SSSR count). The first-order valence-corrected chi connectivity index (χ1v) is 7.73. The number of ether oxygens (including phenoxy) is 1. The highest BCUT2D eigenvalue weighted by Gasteiger charge is 2.14. The molecule has 0 heterocycles. The van der Waals surface area contributed by atoms with E-state index in [0.29, 0.717) is 11.8 Å². The molecule has 0 radical (unpaired) electrons. The van der Waals surface area contributed by atoms with E-state index in [9.17, 15) is 4.79 Å². The number of Topliss-reactive ketones (excluding diaryl/α,β-unsaturated/α-hetero) is 1. The molecule has 0 unspecified atom stereocenters. The first-order valence-electron chi connectivity index (χ1n) is 7.73. The third kappa shape index (κ3) is 5.88. The van der Waals surface area contributed by atoms with E-state index in [1.807, 2.05) is 18.2 Å². The zero-order chi connectivity index (χ0) is 16.0. The normalized spacial score (nSPS) is 11.5. The van der Waals surface area contributed by atoms with Gasteiger partial charge in [-0.1, -0.05) is 27.7 Å². The fourth-order valence-corrected chi connectivity index (χ4v) is 2.60. The zero-order valence-electron chi connectivity index (χ0n) is 14.3. The number of carbonyl (C=O) groups is 1. The largest absolute Gasteiger partial charge is 0.496 e. The molecule has 0 aliphatic heterocycles. The third-order valence-electron chi connectivity index (χ3n) is 3.33. The Bertz CT molecular complexity index is 456. The SMILES string of the molecule is COc1ccc(C(C)=O)cc1CN(CC(C)C)CC(C)C. The summed E-state index contributed by atoms with van der Waals surface area (Å²) in [6, 6.07) is 5.70. The Morgan fingerprint density at radius 1 is 1.14 bits per heavy atom. The van der Waals surface area contributed by atoms with Crippen molar-refractivity contribution in [3.05, 3.63) is 29.3 Å². The fourth-order valence-electron chi connectivity index (χ4n) is 2.60. The van der Waals surface area contributed by atoms with Crippen molar-refractivity contribution in [1.82, 2.24) is 4.90 Å². The summed E-state index contributed by atoms with van der Waals surface area (Å²) in [5, 5.41) is 0. The Labute approximate surface area is 129 Å². The van der Waals surface area contributed by atoms with Gasteiger partial charge < -0.3 is 4.74 Å². The van der Waals surface area contributed by atoms with E-state index in [2.05, 4.69) is 32.6 Å². The van der Waals surface area contributed by atoms with Gasteiger partial charge in [0.05, 0.1) is 7.11 Å². The summed E-state index contributed by atoms with van der Waals surface area (Å²) in [6.07, 6.45) is 0. The van der Waals surface area contributed by atoms with Gasteiger partial charge in [0.2, 0.25) is 0 Å². The molecule has 1 aromatic carbocycles. The van der Waals surface area contributed by atoms with Crippen LogP contribution >= 0.6 is 0 Å². The zero-order valence-corrected chi connectivity index (χ0v) is 14.3. The molecule has 118 valence electrons. The molecule has 0 aliphatic rings. The second kappa shape index (κ2) is 8.18. The summed E-state index contributed by atoms with van der Waals surface area (Å²) < 4.78 is 5.45. The summed E-state index contributed by atoms with van der Waals surface area (Å²) in [6.45, 7) is 13.4. The lowest BCUT2D eigenvalue weighted by Gasteiger charge is -2.27. The van der Waals surface area contributed by atoms with Crippen LogP contribution in [0.2, 0.25) is 0 Å². The van der Waals surface area contributed by atoms with Crippen LogP contribution in [0.4, 0.5) is 0 Å². The highest BCUT2D eigenvalue weighted by atomic mass is 16.5. The molecule has 0 saturated carbocycles. The molecule has 0 amide bonds. The Morgan fingerprint density at radius 3 is 2.14 bits per heavy atom. The summed E-state index contributed by atoms with van der Waals surface area (Å²) in [4.78, 5) is 14.0. The van der Waals surface area contributed by atoms with Crippen LogP contribution in [0.25, 0.3) is 0 Å². The van der Waals surface area contributed by atoms with E-state index in [1.165, 1.54) is 0 Å². The van der Waals surface area contributed by atoms with Crippen molar-refractivity contribution in [3.8, 4) is 5.75 Å². The highest BCUT2D eigenvalue weighted by molar-refractivity contribution is 5.94. The Balaban J connectivity index is 2.99. The molecule has 0 saturated heterocycles. The molecule has 0 atom stereocenters. The maximum Gasteiger partial charge on any atom is 0.159 e. The molecule has 0 aromatic heterocycles. The molecule has 21 heavy (non-hydrogen) atoms. The number of hydrogen-bond acceptors (Lipinski definition) is 3. The van der Waals surface area contributed by atoms with Crippen molar-refractivity contribution in [2.75, 3.05) is 20.2 Å². The quantitative estimate of drug-likeness (QED) is 0.678. The van der Waals surface area contributed by atoms with Gasteiger partial charge in [0.1, 0.15) is 5.75 Å². The Kier molecular flexibility index (Phi) is 6.90. The van der Waals surface area contributed by atoms with Crippen molar-refractivity contribution in [1.29, 1.82) is 0 Å². The molecule has 3 nitrogen and oxygen atoms in total. The minimum atomic E-state index is 0.0955. The Morgan fingerprint density at radius 2 is 1.71 bits per heavy atom. The van der Waals surface area contributed by atoms with E-state index < -0.39 is 0 Å². The molecule has 0 fully saturated rings. The lowest BCUT2D eigenvalue weighted by molar-refractivity contribution is 0.101. The summed E-state index contributed by atoms with van der Waals surface area (Å²) >= 11 is 0.